The van der Waals surface area contributed by atoms with Crippen LogP contribution in [0.5, 0.6) is 0 Å². The number of hydrogen-bond donors (Lipinski definition) is 1. The quantitative estimate of drug-likeness (QED) is 0.716. The van der Waals surface area contributed by atoms with Crippen molar-refractivity contribution in [2.75, 3.05) is 0 Å². The molecule has 0 radical (unpaired) electrons. The molecule has 0 bridgehead atoms. The van der Waals surface area contributed by atoms with Crippen LogP contribution in [0.2, 0.25) is 5.02 Å². The van der Waals surface area contributed by atoms with Gasteiger partial charge in [-0.1, -0.05) is 23.7 Å². The molecular formula is C20H20Cl2N4. The van der Waals surface area contributed by atoms with Gasteiger partial charge in [0.25, 0.3) is 0 Å². The summed E-state index contributed by atoms with van der Waals surface area (Å²) in [4.78, 5) is 4.16. The van der Waals surface area contributed by atoms with E-state index in [2.05, 4.69) is 33.2 Å². The summed E-state index contributed by atoms with van der Waals surface area (Å²) in [6.07, 6.45) is 6.36. The second-order valence-corrected chi connectivity index (χ2v) is 7.36. The molecule has 1 unspecified atom stereocenters. The highest BCUT2D eigenvalue weighted by Crippen LogP contribution is 2.39. The van der Waals surface area contributed by atoms with Crippen LogP contribution in [0.3, 0.4) is 0 Å². The molecule has 134 valence electrons. The van der Waals surface area contributed by atoms with Gasteiger partial charge in [-0.05, 0) is 48.6 Å². The molecule has 4 nitrogen and oxygen atoms in total. The van der Waals surface area contributed by atoms with Gasteiger partial charge < -0.3 is 5.32 Å². The van der Waals surface area contributed by atoms with Crippen molar-refractivity contribution in [3.05, 3.63) is 59.5 Å². The molecule has 1 atom stereocenters. The summed E-state index contributed by atoms with van der Waals surface area (Å²) in [6.45, 7) is 1.80. The Morgan fingerprint density at radius 1 is 1.08 bits per heavy atom. The number of nitrogens with one attached hydrogen (secondary N) is 1. The number of fused-ring (bicyclic) bond motifs is 1. The molecule has 2 aliphatic rings. The summed E-state index contributed by atoms with van der Waals surface area (Å²) in [5.74, 6) is 0.816. The Bertz CT molecular complexity index is 919. The minimum Gasteiger partial charge on any atom is -0.306 e. The molecular weight excluding hydrogens is 367 g/mol. The Balaban J connectivity index is 0.00000168. The third-order valence-corrected chi connectivity index (χ3v) is 5.45. The molecule has 3 aromatic rings. The van der Waals surface area contributed by atoms with E-state index in [1.165, 1.54) is 24.1 Å². The number of nitrogens with zero attached hydrogens (tertiary/aromatic N) is 3. The number of halogens is 2. The normalized spacial score (nSPS) is 18.9. The molecule has 0 spiro atoms. The van der Waals surface area contributed by atoms with E-state index in [9.17, 15) is 0 Å². The molecule has 6 heteroatoms. The lowest BCUT2D eigenvalue weighted by atomic mass is 9.98. The van der Waals surface area contributed by atoms with E-state index in [-0.39, 0.29) is 12.4 Å². The summed E-state index contributed by atoms with van der Waals surface area (Å²) in [5, 5.41) is 9.45. The number of benzene rings is 1. The summed E-state index contributed by atoms with van der Waals surface area (Å²) in [7, 11) is 0. The van der Waals surface area contributed by atoms with Crippen molar-refractivity contribution in [2.24, 2.45) is 5.92 Å². The van der Waals surface area contributed by atoms with Gasteiger partial charge in [-0.25, -0.2) is 0 Å². The lowest BCUT2D eigenvalue weighted by Crippen LogP contribution is -2.40. The van der Waals surface area contributed by atoms with Crippen molar-refractivity contribution >= 4 is 24.0 Å². The molecule has 1 fully saturated rings. The topological polar surface area (TPSA) is 42.7 Å². The number of pyridine rings is 1. The van der Waals surface area contributed by atoms with E-state index in [0.29, 0.717) is 6.04 Å². The molecule has 5 rings (SSSR count). The van der Waals surface area contributed by atoms with E-state index in [1.807, 2.05) is 30.6 Å². The predicted octanol–water partition coefficient (Wildman–Crippen LogP) is 4.57. The molecule has 1 N–H and O–H groups in total. The first kappa shape index (κ1) is 17.5. The van der Waals surface area contributed by atoms with E-state index in [4.69, 9.17) is 16.7 Å². The number of rotatable bonds is 3. The zero-order valence-electron chi connectivity index (χ0n) is 14.2. The first-order chi connectivity index (χ1) is 12.3. The van der Waals surface area contributed by atoms with Gasteiger partial charge in [-0.3, -0.25) is 9.67 Å². The summed E-state index contributed by atoms with van der Waals surface area (Å²) >= 11 is 6.24. The third kappa shape index (κ3) is 3.13. The van der Waals surface area contributed by atoms with Crippen molar-refractivity contribution < 1.29 is 0 Å². The van der Waals surface area contributed by atoms with Crippen LogP contribution < -0.4 is 5.32 Å². The van der Waals surface area contributed by atoms with Crippen LogP contribution in [-0.2, 0) is 13.1 Å². The van der Waals surface area contributed by atoms with Crippen molar-refractivity contribution in [2.45, 2.75) is 32.0 Å². The predicted molar refractivity (Wildman–Crippen MR) is 107 cm³/mol. The van der Waals surface area contributed by atoms with Crippen LogP contribution in [0, 0.1) is 5.92 Å². The summed E-state index contributed by atoms with van der Waals surface area (Å²) in [6, 6.07) is 12.6. The molecule has 1 aliphatic carbocycles. The Labute approximate surface area is 164 Å². The second-order valence-electron chi connectivity index (χ2n) is 6.92. The standard InChI is InChI=1S/C20H19ClN4.ClH/c21-16-3-1-2-15(10-16)20-19(14-6-8-22-9-7-14)18-11-23-17(13-4-5-13)12-25(18)24-20;/h1-3,6-10,13,17,23H,4-5,11-12H2;1H. The smallest absolute Gasteiger partial charge is 0.101 e. The molecule has 1 saturated carbocycles. The van der Waals surface area contributed by atoms with Gasteiger partial charge in [0.05, 0.1) is 12.2 Å². The van der Waals surface area contributed by atoms with Gasteiger partial charge in [0, 0.05) is 41.1 Å². The first-order valence-electron chi connectivity index (χ1n) is 8.79. The van der Waals surface area contributed by atoms with Crippen LogP contribution in [0.1, 0.15) is 18.5 Å². The maximum absolute atomic E-state index is 6.24. The van der Waals surface area contributed by atoms with Crippen LogP contribution in [0.25, 0.3) is 22.4 Å². The molecule has 1 aromatic carbocycles. The molecule has 0 saturated heterocycles. The van der Waals surface area contributed by atoms with Crippen LogP contribution in [-0.4, -0.2) is 20.8 Å². The minimum atomic E-state index is 0. The zero-order chi connectivity index (χ0) is 16.8. The highest BCUT2D eigenvalue weighted by molar-refractivity contribution is 6.30. The van der Waals surface area contributed by atoms with Crippen LogP contribution >= 0.6 is 24.0 Å². The third-order valence-electron chi connectivity index (χ3n) is 5.22. The fourth-order valence-electron chi connectivity index (χ4n) is 3.78. The average molecular weight is 387 g/mol. The highest BCUT2D eigenvalue weighted by Gasteiger charge is 2.35. The second kappa shape index (κ2) is 7.03. The van der Waals surface area contributed by atoms with Crippen LogP contribution in [0.4, 0.5) is 0 Å². The van der Waals surface area contributed by atoms with Crippen molar-refractivity contribution in [3.8, 4) is 22.4 Å². The maximum Gasteiger partial charge on any atom is 0.101 e. The van der Waals surface area contributed by atoms with Gasteiger partial charge in [0.15, 0.2) is 0 Å². The number of hydrogen-bond acceptors (Lipinski definition) is 3. The van der Waals surface area contributed by atoms with Gasteiger partial charge in [0.2, 0.25) is 0 Å². The van der Waals surface area contributed by atoms with Crippen molar-refractivity contribution in [1.29, 1.82) is 0 Å². The summed E-state index contributed by atoms with van der Waals surface area (Å²) < 4.78 is 2.20. The van der Waals surface area contributed by atoms with E-state index < -0.39 is 0 Å². The molecule has 1 aliphatic heterocycles. The first-order valence-corrected chi connectivity index (χ1v) is 9.17. The molecule has 0 amide bonds. The average Bonchev–Trinajstić information content (AvgIpc) is 3.42. The van der Waals surface area contributed by atoms with Gasteiger partial charge >= 0.3 is 0 Å². The van der Waals surface area contributed by atoms with E-state index in [1.54, 1.807) is 0 Å². The lowest BCUT2D eigenvalue weighted by molar-refractivity contribution is 0.339. The highest BCUT2D eigenvalue weighted by atomic mass is 35.5. The fraction of sp³-hybridized carbons (Fsp3) is 0.300. The SMILES string of the molecule is Cl.Clc1cccc(-c2nn3c(c2-c2ccncc2)CNC(C2CC2)C3)c1. The molecule has 26 heavy (non-hydrogen) atoms. The fourth-order valence-corrected chi connectivity index (χ4v) is 3.97. The number of aromatic nitrogens is 3. The van der Waals surface area contributed by atoms with E-state index in [0.717, 1.165) is 40.9 Å². The van der Waals surface area contributed by atoms with Crippen molar-refractivity contribution in [3.63, 3.8) is 0 Å². The van der Waals surface area contributed by atoms with E-state index >= 15 is 0 Å². The molecule has 3 heterocycles. The Morgan fingerprint density at radius 3 is 2.62 bits per heavy atom. The van der Waals surface area contributed by atoms with Gasteiger partial charge in [-0.2, -0.15) is 5.10 Å². The maximum atomic E-state index is 6.24. The Morgan fingerprint density at radius 2 is 1.88 bits per heavy atom. The van der Waals surface area contributed by atoms with Crippen molar-refractivity contribution in [1.82, 2.24) is 20.1 Å². The van der Waals surface area contributed by atoms with Gasteiger partial charge in [0.1, 0.15) is 5.69 Å². The monoisotopic (exact) mass is 386 g/mol. The lowest BCUT2D eigenvalue weighted by Gasteiger charge is -2.25. The molecule has 2 aromatic heterocycles. The minimum absolute atomic E-state index is 0. The Hall–Kier alpha value is -1.88. The van der Waals surface area contributed by atoms with Crippen LogP contribution in [0.15, 0.2) is 48.8 Å². The summed E-state index contributed by atoms with van der Waals surface area (Å²) in [5.41, 5.74) is 5.65. The largest absolute Gasteiger partial charge is 0.306 e. The van der Waals surface area contributed by atoms with Gasteiger partial charge in [-0.15, -0.1) is 12.4 Å². The zero-order valence-corrected chi connectivity index (χ0v) is 15.8. The Kier molecular flexibility index (Phi) is 4.74.